The van der Waals surface area contributed by atoms with Gasteiger partial charge in [0.15, 0.2) is 18.0 Å². The Morgan fingerprint density at radius 2 is 2.26 bits per heavy atom. The number of halogens is 1. The van der Waals surface area contributed by atoms with Crippen LogP contribution in [0.3, 0.4) is 0 Å². The molecule has 19 heavy (non-hydrogen) atoms. The van der Waals surface area contributed by atoms with Gasteiger partial charge in [-0.3, -0.25) is 0 Å². The number of fused-ring (bicyclic) bond motifs is 1. The fraction of sp³-hybridized carbons (Fsp3) is 0.500. The lowest BCUT2D eigenvalue weighted by Gasteiger charge is -2.13. The maximum atomic E-state index is 14.0. The zero-order valence-corrected chi connectivity index (χ0v) is 9.72. The number of hydrogen-bond acceptors (Lipinski definition) is 7. The van der Waals surface area contributed by atoms with E-state index < -0.39 is 31.2 Å². The molecule has 2 aromatic rings. The van der Waals surface area contributed by atoms with Crippen molar-refractivity contribution in [3.63, 3.8) is 0 Å². The molecule has 4 atom stereocenters. The molecule has 3 heterocycles. The highest BCUT2D eigenvalue weighted by Gasteiger charge is 2.45. The number of alkyl halides is 1. The second kappa shape index (κ2) is 4.37. The van der Waals surface area contributed by atoms with Crippen molar-refractivity contribution < 1.29 is 19.3 Å². The Morgan fingerprint density at radius 1 is 1.47 bits per heavy atom. The van der Waals surface area contributed by atoms with Crippen molar-refractivity contribution in [2.24, 2.45) is 0 Å². The summed E-state index contributed by atoms with van der Waals surface area (Å²) in [7, 11) is 0. The summed E-state index contributed by atoms with van der Waals surface area (Å²) in [5, 5.41) is 23.0. The maximum Gasteiger partial charge on any atom is 0.186 e. The summed E-state index contributed by atoms with van der Waals surface area (Å²) in [5.41, 5.74) is 5.97. The molecule has 0 aliphatic carbocycles. The highest BCUT2D eigenvalue weighted by molar-refractivity contribution is 5.84. The van der Waals surface area contributed by atoms with E-state index in [4.69, 9.17) is 15.6 Å². The molecule has 1 aliphatic rings. The van der Waals surface area contributed by atoms with E-state index in [2.05, 4.69) is 15.1 Å². The Morgan fingerprint density at radius 3 is 2.95 bits per heavy atom. The zero-order chi connectivity index (χ0) is 13.6. The predicted octanol–water partition coefficient (Wildman–Crippen LogP) is -1.00. The Hall–Kier alpha value is -1.84. The largest absolute Gasteiger partial charge is 0.394 e. The highest BCUT2D eigenvalue weighted by atomic mass is 19.1. The lowest BCUT2D eigenvalue weighted by molar-refractivity contribution is -0.0505. The molecule has 8 nitrogen and oxygen atoms in total. The second-order valence-corrected chi connectivity index (χ2v) is 4.27. The van der Waals surface area contributed by atoms with Gasteiger partial charge in [0.05, 0.1) is 18.2 Å². The average Bonchev–Trinajstić information content (AvgIpc) is 2.94. The minimum absolute atomic E-state index is 0.226. The van der Waals surface area contributed by atoms with Gasteiger partial charge in [-0.25, -0.2) is 19.0 Å². The van der Waals surface area contributed by atoms with E-state index >= 15 is 0 Å². The number of nitrogens with zero attached hydrogens (tertiary/aromatic N) is 4. The van der Waals surface area contributed by atoms with Gasteiger partial charge in [-0.2, -0.15) is 5.10 Å². The van der Waals surface area contributed by atoms with Gasteiger partial charge in [0, 0.05) is 0 Å². The molecule has 0 bridgehead atoms. The van der Waals surface area contributed by atoms with Crippen molar-refractivity contribution >= 4 is 16.9 Å². The number of nitrogen functional groups attached to an aromatic ring is 1. The number of hydrogen-bond donors (Lipinski definition) is 3. The molecule has 1 fully saturated rings. The van der Waals surface area contributed by atoms with Crippen LogP contribution in [-0.2, 0) is 4.74 Å². The summed E-state index contributed by atoms with van der Waals surface area (Å²) in [6.45, 7) is -0.478. The summed E-state index contributed by atoms with van der Waals surface area (Å²) in [5.74, 6) is 0.226. The molecule has 0 radical (unpaired) electrons. The van der Waals surface area contributed by atoms with Crippen LogP contribution in [-0.4, -0.2) is 54.9 Å². The van der Waals surface area contributed by atoms with E-state index in [1.54, 1.807) is 0 Å². The van der Waals surface area contributed by atoms with Gasteiger partial charge >= 0.3 is 0 Å². The Balaban J connectivity index is 2.04. The van der Waals surface area contributed by atoms with Gasteiger partial charge in [0.2, 0.25) is 0 Å². The van der Waals surface area contributed by atoms with Crippen LogP contribution < -0.4 is 5.73 Å². The Kier molecular flexibility index (Phi) is 2.81. The first kappa shape index (κ1) is 12.2. The van der Waals surface area contributed by atoms with Crippen molar-refractivity contribution in [3.05, 3.63) is 12.5 Å². The van der Waals surface area contributed by atoms with Crippen LogP contribution in [0.5, 0.6) is 0 Å². The SMILES string of the molecule is Nc1ncnc2c1cnn2[C@@H]1O[C@H](CO)[C@@H](O)[C@@H]1F. The number of aliphatic hydroxyl groups is 2. The van der Waals surface area contributed by atoms with Crippen LogP contribution in [0.4, 0.5) is 10.2 Å². The van der Waals surface area contributed by atoms with Crippen LogP contribution in [0.25, 0.3) is 11.0 Å². The quantitative estimate of drug-likeness (QED) is 0.639. The van der Waals surface area contributed by atoms with Crippen molar-refractivity contribution in [3.8, 4) is 0 Å². The first-order valence-electron chi connectivity index (χ1n) is 5.65. The van der Waals surface area contributed by atoms with E-state index in [1.807, 2.05) is 0 Å². The molecule has 4 N–H and O–H groups in total. The van der Waals surface area contributed by atoms with Crippen molar-refractivity contribution in [2.45, 2.75) is 24.6 Å². The summed E-state index contributed by atoms with van der Waals surface area (Å²) in [4.78, 5) is 7.78. The molecule has 0 spiro atoms. The van der Waals surface area contributed by atoms with Crippen LogP contribution >= 0.6 is 0 Å². The third-order valence-corrected chi connectivity index (χ3v) is 3.14. The second-order valence-electron chi connectivity index (χ2n) is 4.27. The number of rotatable bonds is 2. The summed E-state index contributed by atoms with van der Waals surface area (Å²) in [6.07, 6.45) is -2.63. The summed E-state index contributed by atoms with van der Waals surface area (Å²) in [6, 6.07) is 0. The fourth-order valence-corrected chi connectivity index (χ4v) is 2.12. The molecule has 1 saturated heterocycles. The minimum atomic E-state index is -1.71. The normalized spacial score (nSPS) is 31.1. The van der Waals surface area contributed by atoms with Crippen LogP contribution in [0, 0.1) is 0 Å². The number of ether oxygens (including phenoxy) is 1. The van der Waals surface area contributed by atoms with Gasteiger partial charge in [0.25, 0.3) is 0 Å². The maximum absolute atomic E-state index is 14.0. The molecule has 2 aromatic heterocycles. The van der Waals surface area contributed by atoms with E-state index in [-0.39, 0.29) is 5.82 Å². The van der Waals surface area contributed by atoms with Gasteiger partial charge in [-0.05, 0) is 0 Å². The third kappa shape index (κ3) is 1.74. The number of aliphatic hydroxyl groups excluding tert-OH is 2. The standard InChI is InChI=1S/C10H12FN5O3/c11-6-7(18)5(2-17)19-10(6)16-9-4(1-15-16)8(12)13-3-14-9/h1,3,5-7,10,17-18H,2H2,(H2,12,13,14)/t5-,6+,7-,10-/m1/s1. The summed E-state index contributed by atoms with van der Waals surface area (Å²) >= 11 is 0. The van der Waals surface area contributed by atoms with Crippen molar-refractivity contribution in [1.82, 2.24) is 19.7 Å². The Labute approximate surface area is 106 Å². The summed E-state index contributed by atoms with van der Waals surface area (Å²) < 4.78 is 20.4. The molecule has 0 aromatic carbocycles. The third-order valence-electron chi connectivity index (χ3n) is 3.14. The molecule has 9 heteroatoms. The topological polar surface area (TPSA) is 119 Å². The van der Waals surface area contributed by atoms with E-state index in [0.29, 0.717) is 11.0 Å². The van der Waals surface area contributed by atoms with Gasteiger partial charge in [-0.15, -0.1) is 0 Å². The number of nitrogens with two attached hydrogens (primary N) is 1. The van der Waals surface area contributed by atoms with Crippen LogP contribution in [0.2, 0.25) is 0 Å². The lowest BCUT2D eigenvalue weighted by atomic mass is 10.1. The van der Waals surface area contributed by atoms with E-state index in [1.165, 1.54) is 17.2 Å². The molecule has 0 saturated carbocycles. The zero-order valence-electron chi connectivity index (χ0n) is 9.72. The highest BCUT2D eigenvalue weighted by Crippen LogP contribution is 2.33. The van der Waals surface area contributed by atoms with Crippen molar-refractivity contribution in [2.75, 3.05) is 12.3 Å². The van der Waals surface area contributed by atoms with E-state index in [0.717, 1.165) is 0 Å². The van der Waals surface area contributed by atoms with Crippen LogP contribution in [0.1, 0.15) is 6.23 Å². The van der Waals surface area contributed by atoms with Gasteiger partial charge in [0.1, 0.15) is 24.4 Å². The van der Waals surface area contributed by atoms with Crippen LogP contribution in [0.15, 0.2) is 12.5 Å². The minimum Gasteiger partial charge on any atom is -0.394 e. The molecule has 0 amide bonds. The smallest absolute Gasteiger partial charge is 0.186 e. The molecule has 1 aliphatic heterocycles. The van der Waals surface area contributed by atoms with E-state index in [9.17, 15) is 9.50 Å². The first-order chi connectivity index (χ1) is 9.13. The molecule has 0 unspecified atom stereocenters. The lowest BCUT2D eigenvalue weighted by Crippen LogP contribution is -2.30. The number of anilines is 1. The molecule has 102 valence electrons. The van der Waals surface area contributed by atoms with Gasteiger partial charge in [-0.1, -0.05) is 0 Å². The van der Waals surface area contributed by atoms with Crippen molar-refractivity contribution in [1.29, 1.82) is 0 Å². The number of aromatic nitrogens is 4. The monoisotopic (exact) mass is 269 g/mol. The first-order valence-corrected chi connectivity index (χ1v) is 5.65. The predicted molar refractivity (Wildman–Crippen MR) is 61.6 cm³/mol. The Bertz CT molecular complexity index is 606. The van der Waals surface area contributed by atoms with Gasteiger partial charge < -0.3 is 20.7 Å². The average molecular weight is 269 g/mol. The molecular weight excluding hydrogens is 257 g/mol. The fourth-order valence-electron chi connectivity index (χ4n) is 2.12. The molecular formula is C10H12FN5O3. The molecule has 3 rings (SSSR count).